The first kappa shape index (κ1) is 19.3. The maximum Gasteiger partial charge on any atom is 0.0307 e. The molecule has 0 aromatic heterocycles. The molecule has 6 N–H and O–H groups in total. The Labute approximate surface area is 36.0 Å². The van der Waals surface area contributed by atoms with Gasteiger partial charge in [-0.1, -0.05) is 13.1 Å². The van der Waals surface area contributed by atoms with Crippen LogP contribution in [0.1, 0.15) is 0 Å². The van der Waals surface area contributed by atoms with Crippen LogP contribution in [-0.4, -0.2) is 9.52 Å². The van der Waals surface area contributed by atoms with Crippen LogP contribution in [0.25, 0.3) is 0 Å². The molecule has 0 aromatic carbocycles. The Hall–Kier alpha value is 0.137. The summed E-state index contributed by atoms with van der Waals surface area (Å²) >= 11 is 0. The second-order valence-corrected chi connectivity index (χ2v) is 1.50. The summed E-state index contributed by atoms with van der Waals surface area (Å²) in [5, 5.41) is 0. The molecule has 3 heteroatoms. The molecule has 0 unspecified atom stereocenters. The van der Waals surface area contributed by atoms with Gasteiger partial charge in [-0.15, -0.1) is 0 Å². The summed E-state index contributed by atoms with van der Waals surface area (Å²) in [7, 11) is 1.08. The third kappa shape index (κ3) is 1010. The van der Waals surface area contributed by atoms with Crippen molar-refractivity contribution in [2.75, 3.05) is 0 Å². The molecule has 0 saturated heterocycles. The fraction of sp³-hybridized carbons (Fsp3) is 1.00. The smallest absolute Gasteiger partial charge is 0.0307 e. The van der Waals surface area contributed by atoms with Crippen LogP contribution < -0.4 is 12.3 Å². The van der Waals surface area contributed by atoms with Crippen molar-refractivity contribution in [3.8, 4) is 0 Å². The van der Waals surface area contributed by atoms with Crippen LogP contribution in [0.5, 0.6) is 0 Å². The third-order valence-electron chi connectivity index (χ3n) is 0. The zero-order valence-corrected chi connectivity index (χ0v) is 4.91. The zero-order valence-electron chi connectivity index (χ0n) is 3.91. The molecule has 5 heavy (non-hydrogen) atoms. The van der Waals surface area contributed by atoms with E-state index in [1.54, 1.807) is 0 Å². The van der Waals surface area contributed by atoms with Gasteiger partial charge >= 0.3 is 0 Å². The predicted molar refractivity (Wildman–Crippen MR) is 27.5 cm³/mol. The maximum absolute atomic E-state index is 2.15. The highest BCUT2D eigenvalue weighted by Crippen LogP contribution is 1.36. The summed E-state index contributed by atoms with van der Waals surface area (Å²) in [4.78, 5) is 0. The number of rotatable bonds is 0. The summed E-state index contributed by atoms with van der Waals surface area (Å²) in [6.07, 6.45) is 0. The molecule has 0 aromatic rings. The van der Waals surface area contributed by atoms with Crippen molar-refractivity contribution in [1.82, 2.24) is 12.3 Å². The van der Waals surface area contributed by atoms with Crippen LogP contribution in [0, 0.1) is 0 Å². The molecule has 0 fully saturated rings. The maximum atomic E-state index is 2.15. The lowest BCUT2D eigenvalue weighted by Gasteiger charge is -1.44. The molecule has 0 atom stereocenters. The van der Waals surface area contributed by atoms with Crippen LogP contribution in [0.4, 0.5) is 0 Å². The highest BCUT2D eigenvalue weighted by atomic mass is 28.2. The fourth-order valence-electron chi connectivity index (χ4n) is 0. The lowest BCUT2D eigenvalue weighted by molar-refractivity contribution is 2.13. The summed E-state index contributed by atoms with van der Waals surface area (Å²) in [5.74, 6) is 0. The quantitative estimate of drug-likeness (QED) is 0.439. The zero-order chi connectivity index (χ0) is 2.71. The molecule has 0 saturated carbocycles. The highest BCUT2D eigenvalue weighted by Gasteiger charge is 1.39. The Morgan fingerprint density at radius 1 is 1.00 bits per heavy atom. The van der Waals surface area contributed by atoms with Crippen LogP contribution in [-0.2, 0) is 0 Å². The minimum atomic E-state index is 0. The molecule has 0 bridgehead atoms. The molecule has 0 aliphatic rings. The number of hydrogen-bond acceptors (Lipinski definition) is 2. The van der Waals surface area contributed by atoms with Crippen LogP contribution in [0.15, 0.2) is 0 Å². The van der Waals surface area contributed by atoms with E-state index in [1.165, 1.54) is 0 Å². The van der Waals surface area contributed by atoms with Gasteiger partial charge in [0.1, 0.15) is 0 Å². The van der Waals surface area contributed by atoms with Crippen LogP contribution in [0.2, 0.25) is 13.1 Å². The summed E-state index contributed by atoms with van der Waals surface area (Å²) in [6.45, 7) is 4.31. The van der Waals surface area contributed by atoms with Crippen molar-refractivity contribution in [3.63, 3.8) is 0 Å². The first-order valence-electron chi connectivity index (χ1n) is 1.00. The molecule has 0 aliphatic carbocycles. The summed E-state index contributed by atoms with van der Waals surface area (Å²) in [6, 6.07) is 0. The molecule has 0 rings (SSSR count). The van der Waals surface area contributed by atoms with Gasteiger partial charge in [0, 0.05) is 9.52 Å². The molecule has 2 radical (unpaired) electrons. The standard InChI is InChI=1S/C2H6Si.2H3N/c1-3-2;;/h1-2H3;2*1H3. The first-order chi connectivity index (χ1) is 1.41. The minimum absolute atomic E-state index is 0. The first-order valence-corrected chi connectivity index (χ1v) is 3.00. The van der Waals surface area contributed by atoms with Gasteiger partial charge in [0.25, 0.3) is 0 Å². The Morgan fingerprint density at radius 2 is 1.00 bits per heavy atom. The average Bonchev–Trinajstić information content (AvgIpc) is 0.918. The van der Waals surface area contributed by atoms with E-state index >= 15 is 0 Å². The summed E-state index contributed by atoms with van der Waals surface area (Å²) < 4.78 is 0. The van der Waals surface area contributed by atoms with Crippen molar-refractivity contribution in [1.29, 1.82) is 0 Å². The number of hydrogen-bond donors (Lipinski definition) is 2. The Morgan fingerprint density at radius 3 is 1.00 bits per heavy atom. The third-order valence-corrected chi connectivity index (χ3v) is 0. The van der Waals surface area contributed by atoms with Crippen molar-refractivity contribution >= 4 is 9.52 Å². The van der Waals surface area contributed by atoms with Gasteiger partial charge in [0.2, 0.25) is 0 Å². The Balaban J connectivity index is -0.0000000200. The second kappa shape index (κ2) is 31.5. The van der Waals surface area contributed by atoms with E-state index in [1.807, 2.05) is 0 Å². The van der Waals surface area contributed by atoms with Crippen molar-refractivity contribution in [2.24, 2.45) is 0 Å². The predicted octanol–water partition coefficient (Wildman–Crippen LogP) is 1.11. The molecular weight excluding hydrogens is 80.1 g/mol. The van der Waals surface area contributed by atoms with E-state index < -0.39 is 0 Å². The molecule has 0 heterocycles. The topological polar surface area (TPSA) is 70.0 Å². The van der Waals surface area contributed by atoms with Crippen molar-refractivity contribution in [3.05, 3.63) is 0 Å². The molecule has 34 valence electrons. The summed E-state index contributed by atoms with van der Waals surface area (Å²) in [5.41, 5.74) is 0. The molecule has 0 aliphatic heterocycles. The fourth-order valence-corrected chi connectivity index (χ4v) is 0. The monoisotopic (exact) mass is 92.1 g/mol. The van der Waals surface area contributed by atoms with E-state index in [0.717, 1.165) is 9.52 Å². The van der Waals surface area contributed by atoms with Crippen molar-refractivity contribution < 1.29 is 0 Å². The van der Waals surface area contributed by atoms with Gasteiger partial charge in [0.15, 0.2) is 0 Å². The molecule has 0 spiro atoms. The van der Waals surface area contributed by atoms with Gasteiger partial charge < -0.3 is 12.3 Å². The Bertz CT molecular complexity index is 7.61. The molecule has 0 amide bonds. The van der Waals surface area contributed by atoms with E-state index in [-0.39, 0.29) is 12.3 Å². The van der Waals surface area contributed by atoms with Crippen molar-refractivity contribution in [2.45, 2.75) is 13.1 Å². The van der Waals surface area contributed by atoms with Crippen LogP contribution in [0.3, 0.4) is 0 Å². The van der Waals surface area contributed by atoms with E-state index in [9.17, 15) is 0 Å². The van der Waals surface area contributed by atoms with Gasteiger partial charge in [-0.2, -0.15) is 0 Å². The van der Waals surface area contributed by atoms with E-state index in [4.69, 9.17) is 0 Å². The van der Waals surface area contributed by atoms with Gasteiger partial charge in [-0.3, -0.25) is 0 Å². The van der Waals surface area contributed by atoms with E-state index in [2.05, 4.69) is 13.1 Å². The van der Waals surface area contributed by atoms with E-state index in [0.29, 0.717) is 0 Å². The van der Waals surface area contributed by atoms with Gasteiger partial charge in [0.05, 0.1) is 0 Å². The van der Waals surface area contributed by atoms with Gasteiger partial charge in [-0.25, -0.2) is 0 Å². The largest absolute Gasteiger partial charge is 0.344 e. The minimum Gasteiger partial charge on any atom is -0.344 e. The lowest BCUT2D eigenvalue weighted by atomic mass is 11.9. The average molecular weight is 92.2 g/mol. The highest BCUT2D eigenvalue weighted by molar-refractivity contribution is 6.31. The lowest BCUT2D eigenvalue weighted by Crippen LogP contribution is -1.53. The Kier molecular flexibility index (Phi) is 121. The SMILES string of the molecule is C[Si]C.N.N. The van der Waals surface area contributed by atoms with Gasteiger partial charge in [-0.05, 0) is 0 Å². The van der Waals surface area contributed by atoms with Crippen LogP contribution >= 0.6 is 0 Å². The second-order valence-electron chi connectivity index (χ2n) is 0.500. The molecule has 2 nitrogen and oxygen atoms in total. The molecular formula is C2H12N2Si. The normalized spacial score (nSPS) is 3.60.